The van der Waals surface area contributed by atoms with Crippen LogP contribution in [0.1, 0.15) is 43.6 Å². The summed E-state index contributed by atoms with van der Waals surface area (Å²) in [5.41, 5.74) is 0.696. The molecule has 0 spiro atoms. The van der Waals surface area contributed by atoms with E-state index in [2.05, 4.69) is 29.5 Å². The molecule has 1 atom stereocenters. The van der Waals surface area contributed by atoms with E-state index in [-0.39, 0.29) is 0 Å². The van der Waals surface area contributed by atoms with Crippen LogP contribution in [0, 0.1) is 0 Å². The Balaban J connectivity index is 2.61. The third-order valence-corrected chi connectivity index (χ3v) is 3.79. The van der Waals surface area contributed by atoms with Crippen LogP contribution in [0.5, 0.6) is 5.75 Å². The lowest BCUT2D eigenvalue weighted by molar-refractivity contribution is 0.0206. The summed E-state index contributed by atoms with van der Waals surface area (Å²) in [7, 11) is 0. The molecule has 0 aliphatic rings. The van der Waals surface area contributed by atoms with Gasteiger partial charge in [0, 0.05) is 3.92 Å². The van der Waals surface area contributed by atoms with Crippen LogP contribution < -0.4 is 4.74 Å². The van der Waals surface area contributed by atoms with Gasteiger partial charge in [0.15, 0.2) is 0 Å². The minimum absolute atomic E-state index is 0.484. The van der Waals surface area contributed by atoms with Crippen molar-refractivity contribution in [2.45, 2.75) is 43.6 Å². The molecule has 1 aromatic rings. The van der Waals surface area contributed by atoms with Gasteiger partial charge in [0.2, 0.25) is 0 Å². The number of carbonyl (C=O) groups excluding carboxylic acids is 1. The zero-order valence-corrected chi connectivity index (χ0v) is 13.4. The predicted octanol–water partition coefficient (Wildman–Crippen LogP) is 4.89. The van der Waals surface area contributed by atoms with Crippen molar-refractivity contribution in [1.82, 2.24) is 0 Å². The average molecular weight is 362 g/mol. The lowest BCUT2D eigenvalue weighted by Crippen LogP contribution is -2.25. The second-order valence-electron chi connectivity index (χ2n) is 5.01. The van der Waals surface area contributed by atoms with E-state index in [1.54, 1.807) is 32.9 Å². The van der Waals surface area contributed by atoms with E-state index in [4.69, 9.17) is 9.47 Å². The van der Waals surface area contributed by atoms with Gasteiger partial charge in [0.05, 0.1) is 0 Å². The Bertz CT molecular complexity index is 392. The van der Waals surface area contributed by atoms with Crippen molar-refractivity contribution >= 4 is 28.7 Å². The van der Waals surface area contributed by atoms with E-state index in [9.17, 15) is 4.79 Å². The smallest absolute Gasteiger partial charge is 0.428 e. The zero-order chi connectivity index (χ0) is 13.8. The van der Waals surface area contributed by atoms with E-state index in [1.807, 2.05) is 12.1 Å². The molecule has 0 aromatic heterocycles. The molecule has 100 valence electrons. The summed E-state index contributed by atoms with van der Waals surface area (Å²) in [5, 5.41) is 0. The van der Waals surface area contributed by atoms with Crippen LogP contribution in [0.4, 0.5) is 4.79 Å². The Hall–Kier alpha value is -0.780. The molecule has 0 aliphatic carbocycles. The van der Waals surface area contributed by atoms with Crippen molar-refractivity contribution in [3.63, 3.8) is 0 Å². The van der Waals surface area contributed by atoms with E-state index < -0.39 is 11.8 Å². The molecule has 18 heavy (non-hydrogen) atoms. The maximum atomic E-state index is 11.5. The molecule has 0 bridgehead atoms. The molecule has 0 amide bonds. The molecule has 0 saturated heterocycles. The van der Waals surface area contributed by atoms with Crippen LogP contribution in [0.25, 0.3) is 0 Å². The van der Waals surface area contributed by atoms with E-state index in [0.717, 1.165) is 6.42 Å². The van der Waals surface area contributed by atoms with Gasteiger partial charge in [-0.1, -0.05) is 41.6 Å². The van der Waals surface area contributed by atoms with Gasteiger partial charge >= 0.3 is 6.16 Å². The number of alkyl halides is 1. The molecule has 1 aromatic carbocycles. The van der Waals surface area contributed by atoms with Crippen molar-refractivity contribution < 1.29 is 14.3 Å². The molecule has 0 saturated carbocycles. The Morgan fingerprint density at radius 3 is 2.28 bits per heavy atom. The Morgan fingerprint density at radius 2 is 1.83 bits per heavy atom. The number of ether oxygens (including phenoxy) is 2. The molecule has 0 N–H and O–H groups in total. The maximum absolute atomic E-state index is 11.5. The molecular formula is C14H19IO3. The highest BCUT2D eigenvalue weighted by molar-refractivity contribution is 14.1. The van der Waals surface area contributed by atoms with Crippen molar-refractivity contribution in [1.29, 1.82) is 0 Å². The first-order chi connectivity index (χ1) is 8.31. The topological polar surface area (TPSA) is 35.5 Å². The molecule has 1 rings (SSSR count). The second kappa shape index (κ2) is 6.41. The van der Waals surface area contributed by atoms with Crippen molar-refractivity contribution in [3.8, 4) is 5.75 Å². The number of benzene rings is 1. The number of carbonyl (C=O) groups is 1. The minimum atomic E-state index is -0.670. The highest BCUT2D eigenvalue weighted by atomic mass is 127. The number of hydrogen-bond donors (Lipinski definition) is 0. The van der Waals surface area contributed by atoms with Crippen LogP contribution >= 0.6 is 22.6 Å². The zero-order valence-electron chi connectivity index (χ0n) is 11.2. The molecule has 4 heteroatoms. The van der Waals surface area contributed by atoms with Gasteiger partial charge in [-0.2, -0.15) is 0 Å². The SMILES string of the molecule is CCC(I)c1ccc(OC(=O)OC(C)(C)C)cc1. The Morgan fingerprint density at radius 1 is 1.28 bits per heavy atom. The maximum Gasteiger partial charge on any atom is 0.514 e. The van der Waals surface area contributed by atoms with Gasteiger partial charge in [-0.3, -0.25) is 0 Å². The Kier molecular flexibility index (Phi) is 5.44. The van der Waals surface area contributed by atoms with Gasteiger partial charge in [-0.25, -0.2) is 4.79 Å². The fourth-order valence-corrected chi connectivity index (χ4v) is 1.76. The first kappa shape index (κ1) is 15.3. The first-order valence-electron chi connectivity index (χ1n) is 5.96. The molecular weight excluding hydrogens is 343 g/mol. The number of rotatable bonds is 3. The molecule has 0 radical (unpaired) electrons. The monoisotopic (exact) mass is 362 g/mol. The van der Waals surface area contributed by atoms with Crippen LogP contribution in [0.2, 0.25) is 0 Å². The summed E-state index contributed by atoms with van der Waals surface area (Å²) in [6, 6.07) is 7.53. The third kappa shape index (κ3) is 5.25. The summed E-state index contributed by atoms with van der Waals surface area (Å²) < 4.78 is 10.7. The summed E-state index contributed by atoms with van der Waals surface area (Å²) in [6.07, 6.45) is 0.407. The molecule has 0 aliphatic heterocycles. The third-order valence-electron chi connectivity index (χ3n) is 2.19. The number of halogens is 1. The predicted molar refractivity (Wildman–Crippen MR) is 80.4 cm³/mol. The van der Waals surface area contributed by atoms with Crippen LogP contribution in [-0.2, 0) is 4.74 Å². The van der Waals surface area contributed by atoms with Crippen molar-refractivity contribution in [2.24, 2.45) is 0 Å². The van der Waals surface area contributed by atoms with Gasteiger partial charge in [0.1, 0.15) is 11.4 Å². The van der Waals surface area contributed by atoms with E-state index in [1.165, 1.54) is 5.56 Å². The fourth-order valence-electron chi connectivity index (χ4n) is 1.35. The fraction of sp³-hybridized carbons (Fsp3) is 0.500. The first-order valence-corrected chi connectivity index (χ1v) is 7.21. The van der Waals surface area contributed by atoms with Crippen molar-refractivity contribution in [2.75, 3.05) is 0 Å². The molecule has 0 fully saturated rings. The van der Waals surface area contributed by atoms with Crippen LogP contribution in [0.15, 0.2) is 24.3 Å². The lowest BCUT2D eigenvalue weighted by Gasteiger charge is -2.18. The van der Waals surface area contributed by atoms with Gasteiger partial charge in [0.25, 0.3) is 0 Å². The van der Waals surface area contributed by atoms with Gasteiger partial charge < -0.3 is 9.47 Å². The summed E-state index contributed by atoms with van der Waals surface area (Å²) in [4.78, 5) is 11.5. The second-order valence-corrected chi connectivity index (χ2v) is 6.51. The van der Waals surface area contributed by atoms with E-state index in [0.29, 0.717) is 9.67 Å². The largest absolute Gasteiger partial charge is 0.514 e. The van der Waals surface area contributed by atoms with Crippen molar-refractivity contribution in [3.05, 3.63) is 29.8 Å². The summed E-state index contributed by atoms with van der Waals surface area (Å²) in [5.74, 6) is 0.507. The normalized spacial score (nSPS) is 12.9. The minimum Gasteiger partial charge on any atom is -0.428 e. The number of hydrogen-bond acceptors (Lipinski definition) is 3. The lowest BCUT2D eigenvalue weighted by atomic mass is 10.1. The highest BCUT2D eigenvalue weighted by Gasteiger charge is 2.18. The van der Waals surface area contributed by atoms with Gasteiger partial charge in [-0.15, -0.1) is 0 Å². The van der Waals surface area contributed by atoms with Crippen LogP contribution in [0.3, 0.4) is 0 Å². The summed E-state index contributed by atoms with van der Waals surface area (Å²) in [6.45, 7) is 7.56. The highest BCUT2D eigenvalue weighted by Crippen LogP contribution is 2.28. The average Bonchev–Trinajstić information content (AvgIpc) is 2.26. The van der Waals surface area contributed by atoms with Gasteiger partial charge in [-0.05, 0) is 44.9 Å². The molecule has 0 heterocycles. The molecule has 3 nitrogen and oxygen atoms in total. The Labute approximate surface area is 122 Å². The van der Waals surface area contributed by atoms with E-state index >= 15 is 0 Å². The molecule has 1 unspecified atom stereocenters. The quantitative estimate of drug-likeness (QED) is 0.333. The van der Waals surface area contributed by atoms with Crippen LogP contribution in [-0.4, -0.2) is 11.8 Å². The standard InChI is InChI=1S/C14H19IO3/c1-5-12(15)10-6-8-11(9-7-10)17-13(16)18-14(2,3)4/h6-9,12H,5H2,1-4H3. The summed E-state index contributed by atoms with van der Waals surface area (Å²) >= 11 is 2.39.